The summed E-state index contributed by atoms with van der Waals surface area (Å²) in [5, 5.41) is 17.8. The molecule has 0 spiro atoms. The number of carboxylic acid groups (broad SMARTS) is 1. The van der Waals surface area contributed by atoms with E-state index in [0.717, 1.165) is 6.07 Å². The predicted molar refractivity (Wildman–Crippen MR) is 64.4 cm³/mol. The molecular weight excluding hydrogens is 417 g/mol. The summed E-state index contributed by atoms with van der Waals surface area (Å²) in [4.78, 5) is 10.5. The van der Waals surface area contributed by atoms with Gasteiger partial charge in [-0.15, -0.1) is 0 Å². The molecule has 1 rings (SSSR count). The highest BCUT2D eigenvalue weighted by atomic mass is 127. The van der Waals surface area contributed by atoms with Crippen LogP contribution in [0.3, 0.4) is 0 Å². The van der Waals surface area contributed by atoms with Crippen molar-refractivity contribution in [1.29, 1.82) is 0 Å². The van der Waals surface area contributed by atoms with Crippen LogP contribution in [0.15, 0.2) is 12.1 Å². The molecule has 0 radical (unpaired) electrons. The molecule has 3 nitrogen and oxygen atoms in total. The van der Waals surface area contributed by atoms with Crippen LogP contribution in [0.4, 0.5) is 4.39 Å². The summed E-state index contributed by atoms with van der Waals surface area (Å²) >= 11 is 3.75. The maximum atomic E-state index is 12.9. The van der Waals surface area contributed by atoms with E-state index in [2.05, 4.69) is 0 Å². The Balaban J connectivity index is 3.26. The third-order valence-corrected chi connectivity index (χ3v) is 4.64. The van der Waals surface area contributed by atoms with Crippen molar-refractivity contribution in [1.82, 2.24) is 0 Å². The Hall–Kier alpha value is 0.0400. The average molecular weight is 422 g/mol. The predicted octanol–water partition coefficient (Wildman–Crippen LogP) is 2.15. The number of benzene rings is 1. The van der Waals surface area contributed by atoms with Gasteiger partial charge in [0.15, 0.2) is 6.10 Å². The van der Waals surface area contributed by atoms with Gasteiger partial charge in [-0.3, -0.25) is 0 Å². The van der Waals surface area contributed by atoms with Gasteiger partial charge in [0, 0.05) is 12.7 Å². The minimum absolute atomic E-state index is 0.0856. The zero-order valence-corrected chi connectivity index (χ0v) is 11.0. The van der Waals surface area contributed by atoms with Crippen LogP contribution < -0.4 is 0 Å². The van der Waals surface area contributed by atoms with Gasteiger partial charge in [-0.1, -0.05) is 0 Å². The van der Waals surface area contributed by atoms with Crippen LogP contribution in [0.5, 0.6) is 0 Å². The van der Waals surface area contributed by atoms with Gasteiger partial charge < -0.3 is 10.2 Å². The molecule has 2 N–H and O–H groups in total. The highest BCUT2D eigenvalue weighted by Crippen LogP contribution is 2.26. The standard InChI is InChI=1S/C8H5FI2O3/c9-3-1-4(7(12)8(13)14)6(11)5(10)2-3/h1-2,7,12H,(H,13,14). The normalized spacial score (nSPS) is 12.6. The molecule has 1 aromatic carbocycles. The van der Waals surface area contributed by atoms with Crippen LogP contribution in [0.1, 0.15) is 11.7 Å². The number of aliphatic hydroxyl groups excluding tert-OH is 1. The first-order valence-electron chi connectivity index (χ1n) is 3.48. The summed E-state index contributed by atoms with van der Waals surface area (Å²) in [6, 6.07) is 2.31. The fourth-order valence-corrected chi connectivity index (χ4v) is 2.12. The second kappa shape index (κ2) is 4.71. The van der Waals surface area contributed by atoms with Crippen LogP contribution >= 0.6 is 45.2 Å². The minimum Gasteiger partial charge on any atom is -0.479 e. The van der Waals surface area contributed by atoms with Crippen molar-refractivity contribution in [3.63, 3.8) is 0 Å². The molecule has 0 fully saturated rings. The summed E-state index contributed by atoms with van der Waals surface area (Å²) in [6.07, 6.45) is -1.67. The smallest absolute Gasteiger partial charge is 0.337 e. The van der Waals surface area contributed by atoms with E-state index in [1.807, 2.05) is 45.2 Å². The number of aliphatic hydroxyl groups is 1. The van der Waals surface area contributed by atoms with Crippen molar-refractivity contribution < 1.29 is 19.4 Å². The van der Waals surface area contributed by atoms with Crippen LogP contribution in [-0.2, 0) is 4.79 Å². The van der Waals surface area contributed by atoms with Crippen molar-refractivity contribution >= 4 is 51.2 Å². The first-order chi connectivity index (χ1) is 6.43. The molecule has 1 atom stereocenters. The number of aliphatic carboxylic acids is 1. The Morgan fingerprint density at radius 3 is 2.50 bits per heavy atom. The topological polar surface area (TPSA) is 57.5 Å². The fraction of sp³-hybridized carbons (Fsp3) is 0.125. The maximum Gasteiger partial charge on any atom is 0.337 e. The Labute approximate surface area is 107 Å². The molecule has 0 saturated carbocycles. The summed E-state index contributed by atoms with van der Waals surface area (Å²) in [6.45, 7) is 0. The summed E-state index contributed by atoms with van der Waals surface area (Å²) in [5.41, 5.74) is 0.0856. The molecule has 0 aliphatic rings. The van der Waals surface area contributed by atoms with E-state index in [1.54, 1.807) is 0 Å². The van der Waals surface area contributed by atoms with Gasteiger partial charge in [-0.05, 0) is 57.3 Å². The summed E-state index contributed by atoms with van der Waals surface area (Å²) in [5.74, 6) is -1.94. The van der Waals surface area contributed by atoms with E-state index in [-0.39, 0.29) is 5.56 Å². The van der Waals surface area contributed by atoms with Crippen LogP contribution in [-0.4, -0.2) is 16.2 Å². The van der Waals surface area contributed by atoms with Crippen LogP contribution in [0.2, 0.25) is 0 Å². The largest absolute Gasteiger partial charge is 0.479 e. The van der Waals surface area contributed by atoms with E-state index in [4.69, 9.17) is 5.11 Å². The average Bonchev–Trinajstić information content (AvgIpc) is 2.09. The first-order valence-corrected chi connectivity index (χ1v) is 5.64. The van der Waals surface area contributed by atoms with E-state index in [9.17, 15) is 14.3 Å². The first kappa shape index (κ1) is 12.1. The molecule has 0 aliphatic carbocycles. The number of hydrogen-bond acceptors (Lipinski definition) is 2. The molecule has 0 bridgehead atoms. The lowest BCUT2D eigenvalue weighted by Gasteiger charge is -2.09. The lowest BCUT2D eigenvalue weighted by atomic mass is 10.1. The van der Waals surface area contributed by atoms with E-state index < -0.39 is 17.9 Å². The highest BCUT2D eigenvalue weighted by molar-refractivity contribution is 14.1. The zero-order chi connectivity index (χ0) is 10.9. The number of rotatable bonds is 2. The van der Waals surface area contributed by atoms with Gasteiger partial charge >= 0.3 is 5.97 Å². The van der Waals surface area contributed by atoms with Crippen molar-refractivity contribution in [3.05, 3.63) is 30.7 Å². The van der Waals surface area contributed by atoms with Crippen LogP contribution in [0.25, 0.3) is 0 Å². The Kier molecular flexibility index (Phi) is 4.07. The zero-order valence-electron chi connectivity index (χ0n) is 6.67. The second-order valence-corrected chi connectivity index (χ2v) is 4.77. The molecule has 0 saturated heterocycles. The number of carboxylic acids is 1. The van der Waals surface area contributed by atoms with Gasteiger partial charge in [-0.25, -0.2) is 9.18 Å². The molecule has 0 amide bonds. The molecule has 0 aliphatic heterocycles. The Bertz CT molecular complexity index is 381. The van der Waals surface area contributed by atoms with Crippen molar-refractivity contribution in [2.24, 2.45) is 0 Å². The molecular formula is C8H5FI2O3. The second-order valence-electron chi connectivity index (χ2n) is 2.53. The molecule has 1 unspecified atom stereocenters. The van der Waals surface area contributed by atoms with Gasteiger partial charge in [-0.2, -0.15) is 0 Å². The van der Waals surface area contributed by atoms with E-state index in [0.29, 0.717) is 7.14 Å². The summed E-state index contributed by atoms with van der Waals surface area (Å²) < 4.78 is 14.1. The molecule has 76 valence electrons. The van der Waals surface area contributed by atoms with Crippen LogP contribution in [0, 0.1) is 13.0 Å². The van der Waals surface area contributed by atoms with Gasteiger partial charge in [0.25, 0.3) is 0 Å². The Morgan fingerprint density at radius 2 is 2.00 bits per heavy atom. The van der Waals surface area contributed by atoms with Crippen molar-refractivity contribution in [2.75, 3.05) is 0 Å². The SMILES string of the molecule is O=C(O)C(O)c1cc(F)cc(I)c1I. The maximum absolute atomic E-state index is 12.9. The third-order valence-electron chi connectivity index (χ3n) is 1.55. The van der Waals surface area contributed by atoms with Gasteiger partial charge in [0.1, 0.15) is 5.82 Å². The summed E-state index contributed by atoms with van der Waals surface area (Å²) in [7, 11) is 0. The van der Waals surface area contributed by atoms with E-state index >= 15 is 0 Å². The molecule has 14 heavy (non-hydrogen) atoms. The monoisotopic (exact) mass is 422 g/mol. The quantitative estimate of drug-likeness (QED) is 0.568. The van der Waals surface area contributed by atoms with E-state index in [1.165, 1.54) is 6.07 Å². The minimum atomic E-state index is -1.67. The highest BCUT2D eigenvalue weighted by Gasteiger charge is 2.20. The Morgan fingerprint density at radius 1 is 1.43 bits per heavy atom. The van der Waals surface area contributed by atoms with Crippen molar-refractivity contribution in [2.45, 2.75) is 6.10 Å². The molecule has 6 heteroatoms. The molecule has 1 aromatic rings. The fourth-order valence-electron chi connectivity index (χ4n) is 0.908. The van der Waals surface area contributed by atoms with Crippen molar-refractivity contribution in [3.8, 4) is 0 Å². The molecule has 0 aromatic heterocycles. The molecule has 0 heterocycles. The number of hydrogen-bond donors (Lipinski definition) is 2. The van der Waals surface area contributed by atoms with Gasteiger partial charge in [0.05, 0.1) is 0 Å². The number of halogens is 3. The lowest BCUT2D eigenvalue weighted by Crippen LogP contribution is -2.12. The third kappa shape index (κ3) is 2.54. The van der Waals surface area contributed by atoms with Gasteiger partial charge in [0.2, 0.25) is 0 Å². The lowest BCUT2D eigenvalue weighted by molar-refractivity contribution is -0.147. The number of carbonyl (C=O) groups is 1.